The summed E-state index contributed by atoms with van der Waals surface area (Å²) in [6.07, 6.45) is 9.58. The molecule has 0 radical (unpaired) electrons. The smallest absolute Gasteiger partial charge is 0.410 e. The van der Waals surface area contributed by atoms with E-state index in [1.165, 1.54) is 12.8 Å². The molecule has 2 heterocycles. The third kappa shape index (κ3) is 9.87. The number of rotatable bonds is 6. The van der Waals surface area contributed by atoms with Gasteiger partial charge in [-0.15, -0.1) is 0 Å². The highest BCUT2D eigenvalue weighted by atomic mass is 16.6. The van der Waals surface area contributed by atoms with E-state index < -0.39 is 5.60 Å². The molecule has 2 aromatic carbocycles. The van der Waals surface area contributed by atoms with E-state index in [0.29, 0.717) is 13.1 Å². The Morgan fingerprint density at radius 2 is 1.78 bits per heavy atom. The maximum absolute atomic E-state index is 12.3. The Balaban J connectivity index is 0.000000231. The van der Waals surface area contributed by atoms with Gasteiger partial charge in [-0.2, -0.15) is 0 Å². The molecule has 7 heteroatoms. The molecule has 1 saturated carbocycles. The average Bonchev–Trinajstić information content (AvgIpc) is 3.79. The van der Waals surface area contributed by atoms with Gasteiger partial charge in [0.25, 0.3) is 0 Å². The number of benzene rings is 2. The van der Waals surface area contributed by atoms with Crippen LogP contribution in [-0.2, 0) is 16.1 Å². The molecule has 41 heavy (non-hydrogen) atoms. The van der Waals surface area contributed by atoms with E-state index >= 15 is 0 Å². The Bertz CT molecular complexity index is 1290. The highest BCUT2D eigenvalue weighted by Gasteiger charge is 2.34. The van der Waals surface area contributed by atoms with Gasteiger partial charge in [-0.1, -0.05) is 60.7 Å². The predicted molar refractivity (Wildman–Crippen MR) is 163 cm³/mol. The van der Waals surface area contributed by atoms with Crippen molar-refractivity contribution in [1.82, 2.24) is 20.2 Å². The topological polar surface area (TPSA) is 87.3 Å². The molecule has 1 amide bonds. The first-order chi connectivity index (χ1) is 19.8. The zero-order valence-electron chi connectivity index (χ0n) is 24.3. The number of hydrogen-bond donors (Lipinski definition) is 2. The van der Waals surface area contributed by atoms with Crippen LogP contribution in [0.4, 0.5) is 4.79 Å². The minimum absolute atomic E-state index is 0.116. The van der Waals surface area contributed by atoms with Crippen LogP contribution in [0, 0.1) is 5.92 Å². The van der Waals surface area contributed by atoms with Gasteiger partial charge in [0.2, 0.25) is 0 Å². The second-order valence-corrected chi connectivity index (χ2v) is 11.6. The van der Waals surface area contributed by atoms with E-state index in [1.807, 2.05) is 75.6 Å². The molecule has 0 spiro atoms. The number of piperidine rings is 1. The molecule has 2 fully saturated rings. The number of ether oxygens (including phenoxy) is 1. The second-order valence-electron chi connectivity index (χ2n) is 11.6. The maximum Gasteiger partial charge on any atom is 0.410 e. The number of aromatic nitrogens is 2. The first kappa shape index (κ1) is 30.0. The SMILES string of the molecule is CC(C)(C)OC(=O)N1CC[C@H](c2cccc(-c3ccccc3)c2)[C@@H](C=O)C1.c1ccncc(CNC2CC2)[nH]cc1. The van der Waals surface area contributed by atoms with Gasteiger partial charge in [-0.05, 0) is 74.8 Å². The molecular weight excluding hydrogens is 512 g/mol. The number of aromatic amines is 1. The Labute approximate surface area is 243 Å². The van der Waals surface area contributed by atoms with Gasteiger partial charge in [0.1, 0.15) is 11.9 Å². The maximum atomic E-state index is 12.3. The number of H-pyrrole nitrogens is 1. The Morgan fingerprint density at radius 1 is 1.02 bits per heavy atom. The molecule has 2 aliphatic rings. The summed E-state index contributed by atoms with van der Waals surface area (Å²) >= 11 is 0. The van der Waals surface area contributed by atoms with Crippen LogP contribution in [-0.4, -0.2) is 52.0 Å². The third-order valence-electron chi connectivity index (χ3n) is 7.05. The number of carbonyl (C=O) groups excluding carboxylic acids is 2. The summed E-state index contributed by atoms with van der Waals surface area (Å²) < 4.78 is 5.46. The monoisotopic (exact) mass is 554 g/mol. The molecule has 1 saturated heterocycles. The molecule has 3 aromatic rings. The predicted octanol–water partition coefficient (Wildman–Crippen LogP) is 6.68. The summed E-state index contributed by atoms with van der Waals surface area (Å²) in [5.41, 5.74) is 4.03. The second kappa shape index (κ2) is 14.6. The molecule has 2 N–H and O–H groups in total. The van der Waals surface area contributed by atoms with Crippen LogP contribution in [0.25, 0.3) is 11.1 Å². The van der Waals surface area contributed by atoms with Gasteiger partial charge in [-0.25, -0.2) is 4.79 Å². The quantitative estimate of drug-likeness (QED) is 0.332. The fraction of sp³-hybridized carbons (Fsp3) is 0.382. The van der Waals surface area contributed by atoms with Crippen LogP contribution in [0.3, 0.4) is 0 Å². The standard InChI is InChI=1S/C23H27NO3.C11H15N3/c1-23(2,3)27-22(26)24-13-12-21(20(15-24)16-25)19-11-7-10-18(14-19)17-8-5-4-6-9-17;1-2-6-12-8-11(13-7-3-1)9-14-10-4-5-10/h4-11,14,16,20-21H,12-13,15H2,1-3H3;1-3,6-8,10,13-14H,4-5,9H2/t20-,21-;/m1./s1. The summed E-state index contributed by atoms with van der Waals surface area (Å²) in [7, 11) is 0. The van der Waals surface area contributed by atoms with Crippen LogP contribution in [0.15, 0.2) is 91.4 Å². The molecule has 1 aliphatic heterocycles. The van der Waals surface area contributed by atoms with Gasteiger partial charge in [0, 0.05) is 55.9 Å². The van der Waals surface area contributed by atoms with Crippen LogP contribution >= 0.6 is 0 Å². The van der Waals surface area contributed by atoms with Gasteiger partial charge >= 0.3 is 6.09 Å². The number of nitrogens with zero attached hydrogens (tertiary/aromatic N) is 2. The molecule has 0 unspecified atom stereocenters. The lowest BCUT2D eigenvalue weighted by atomic mass is 9.80. The number of carbonyl (C=O) groups is 2. The molecule has 0 bridgehead atoms. The summed E-state index contributed by atoms with van der Waals surface area (Å²) in [6, 6.07) is 25.1. The van der Waals surface area contributed by atoms with Crippen molar-refractivity contribution in [3.8, 4) is 11.1 Å². The Morgan fingerprint density at radius 3 is 2.51 bits per heavy atom. The normalized spacial score (nSPS) is 18.4. The summed E-state index contributed by atoms with van der Waals surface area (Å²) in [5.74, 6) is -0.109. The number of amides is 1. The minimum atomic E-state index is -0.533. The fourth-order valence-corrected chi connectivity index (χ4v) is 4.79. The molecule has 2 atom stereocenters. The third-order valence-corrected chi connectivity index (χ3v) is 7.05. The molecule has 1 aromatic heterocycles. The fourth-order valence-electron chi connectivity index (χ4n) is 4.79. The van der Waals surface area contributed by atoms with Gasteiger partial charge < -0.3 is 24.7 Å². The molecule has 1 aliphatic carbocycles. The highest BCUT2D eigenvalue weighted by Crippen LogP contribution is 2.34. The average molecular weight is 555 g/mol. The van der Waals surface area contributed by atoms with Gasteiger partial charge in [0.15, 0.2) is 0 Å². The van der Waals surface area contributed by atoms with E-state index in [2.05, 4.69) is 45.6 Å². The van der Waals surface area contributed by atoms with Crippen LogP contribution < -0.4 is 5.32 Å². The summed E-state index contributed by atoms with van der Waals surface area (Å²) in [6.45, 7) is 7.42. The van der Waals surface area contributed by atoms with E-state index in [1.54, 1.807) is 11.1 Å². The Hall–Kier alpha value is -3.97. The molecule has 216 valence electrons. The van der Waals surface area contributed by atoms with Crippen molar-refractivity contribution >= 4 is 12.4 Å². The van der Waals surface area contributed by atoms with Crippen molar-refractivity contribution < 1.29 is 14.3 Å². The highest BCUT2D eigenvalue weighted by molar-refractivity contribution is 5.70. The number of nitrogens with one attached hydrogen (secondary N) is 2. The zero-order chi connectivity index (χ0) is 29.1. The molecule has 7 nitrogen and oxygen atoms in total. The number of likely N-dealkylation sites (tertiary alicyclic amines) is 1. The van der Waals surface area contributed by atoms with Crippen molar-refractivity contribution in [3.05, 3.63) is 103 Å². The summed E-state index contributed by atoms with van der Waals surface area (Å²) in [5, 5.41) is 3.44. The Kier molecular flexibility index (Phi) is 10.7. The first-order valence-corrected chi connectivity index (χ1v) is 14.4. The van der Waals surface area contributed by atoms with E-state index in [-0.39, 0.29) is 17.9 Å². The van der Waals surface area contributed by atoms with E-state index in [9.17, 15) is 9.59 Å². The summed E-state index contributed by atoms with van der Waals surface area (Å²) in [4.78, 5) is 33.1. The molecule has 5 rings (SSSR count). The van der Waals surface area contributed by atoms with E-state index in [4.69, 9.17) is 4.74 Å². The number of aldehydes is 1. The number of hydrogen-bond acceptors (Lipinski definition) is 5. The molecular formula is C34H42N4O3. The lowest BCUT2D eigenvalue weighted by molar-refractivity contribution is -0.113. The zero-order valence-corrected chi connectivity index (χ0v) is 24.3. The van der Waals surface area contributed by atoms with Crippen LogP contribution in [0.1, 0.15) is 57.2 Å². The van der Waals surface area contributed by atoms with Crippen molar-refractivity contribution in [1.29, 1.82) is 0 Å². The van der Waals surface area contributed by atoms with Gasteiger partial charge in [0.05, 0.1) is 0 Å². The largest absolute Gasteiger partial charge is 0.444 e. The lowest BCUT2D eigenvalue weighted by Gasteiger charge is -2.37. The van der Waals surface area contributed by atoms with Gasteiger partial charge in [-0.3, -0.25) is 4.98 Å². The van der Waals surface area contributed by atoms with E-state index in [0.717, 1.165) is 47.7 Å². The van der Waals surface area contributed by atoms with Crippen molar-refractivity contribution in [2.75, 3.05) is 13.1 Å². The first-order valence-electron chi connectivity index (χ1n) is 14.4. The van der Waals surface area contributed by atoms with Crippen molar-refractivity contribution in [2.45, 2.75) is 64.1 Å². The van der Waals surface area contributed by atoms with Crippen LogP contribution in [0.5, 0.6) is 0 Å². The van der Waals surface area contributed by atoms with Crippen molar-refractivity contribution in [2.24, 2.45) is 5.92 Å². The minimum Gasteiger partial charge on any atom is -0.444 e. The van der Waals surface area contributed by atoms with Crippen molar-refractivity contribution in [3.63, 3.8) is 0 Å². The lowest BCUT2D eigenvalue weighted by Crippen LogP contribution is -2.45. The van der Waals surface area contributed by atoms with Crippen LogP contribution in [0.2, 0.25) is 0 Å².